The molecule has 1 amide bonds. The average Bonchev–Trinajstić information content (AvgIpc) is 3.45. The summed E-state index contributed by atoms with van der Waals surface area (Å²) in [5, 5.41) is 20.1. The molecule has 5 N–H and O–H groups in total. The zero-order valence-electron chi connectivity index (χ0n) is 21.4. The lowest BCUT2D eigenvalue weighted by Gasteiger charge is -2.29. The third-order valence-electron chi connectivity index (χ3n) is 6.88. The molecule has 3 atom stereocenters. The first-order valence-electron chi connectivity index (χ1n) is 12.5. The van der Waals surface area contributed by atoms with Crippen molar-refractivity contribution in [3.05, 3.63) is 23.3 Å². The summed E-state index contributed by atoms with van der Waals surface area (Å²) >= 11 is 0. The third-order valence-corrected chi connectivity index (χ3v) is 7.61. The average molecular weight is 543 g/mol. The van der Waals surface area contributed by atoms with E-state index < -0.39 is 33.9 Å². The number of benzene rings is 1. The van der Waals surface area contributed by atoms with E-state index in [1.807, 2.05) is 11.8 Å². The van der Waals surface area contributed by atoms with Gasteiger partial charge in [0.15, 0.2) is 11.5 Å². The highest BCUT2D eigenvalue weighted by molar-refractivity contribution is 7.88. The van der Waals surface area contributed by atoms with E-state index in [9.17, 15) is 28.2 Å². The van der Waals surface area contributed by atoms with Gasteiger partial charge >= 0.3 is 5.97 Å². The number of carboxylic acid groups (broad SMARTS) is 1. The first-order valence-corrected chi connectivity index (χ1v) is 14.4. The van der Waals surface area contributed by atoms with Crippen LogP contribution in [-0.4, -0.2) is 98.7 Å². The lowest BCUT2D eigenvalue weighted by Crippen LogP contribution is -2.46. The van der Waals surface area contributed by atoms with Crippen molar-refractivity contribution in [1.29, 1.82) is 0 Å². The van der Waals surface area contributed by atoms with Crippen molar-refractivity contribution >= 4 is 21.9 Å². The summed E-state index contributed by atoms with van der Waals surface area (Å²) in [7, 11) is -3.47. The first-order chi connectivity index (χ1) is 17.6. The molecule has 1 fully saturated rings. The first kappa shape index (κ1) is 29.1. The molecular formula is C24H38N4O8S. The largest absolute Gasteiger partial charge is 0.481 e. The fraction of sp³-hybridized carbons (Fsp3) is 0.667. The fourth-order valence-corrected chi connectivity index (χ4v) is 5.65. The number of carboxylic acids is 1. The predicted molar refractivity (Wildman–Crippen MR) is 136 cm³/mol. The molecule has 1 aromatic carbocycles. The number of sulfonamides is 1. The lowest BCUT2D eigenvalue weighted by atomic mass is 9.83. The number of amides is 1. The molecule has 0 saturated carbocycles. The van der Waals surface area contributed by atoms with Gasteiger partial charge in [0.05, 0.1) is 25.3 Å². The summed E-state index contributed by atoms with van der Waals surface area (Å²) in [5.74, 6) is -1.76. The van der Waals surface area contributed by atoms with Gasteiger partial charge in [-0.2, -0.15) is 0 Å². The number of ether oxygens (including phenoxy) is 2. The van der Waals surface area contributed by atoms with Crippen LogP contribution in [0, 0.1) is 5.92 Å². The Morgan fingerprint density at radius 1 is 1.27 bits per heavy atom. The molecule has 12 nitrogen and oxygen atoms in total. The Hall–Kier alpha value is -2.45. The Bertz CT molecular complexity index is 1070. The van der Waals surface area contributed by atoms with Gasteiger partial charge in [-0.25, -0.2) is 13.1 Å². The van der Waals surface area contributed by atoms with Gasteiger partial charge in [-0.3, -0.25) is 14.5 Å². The van der Waals surface area contributed by atoms with E-state index in [0.29, 0.717) is 42.3 Å². The molecule has 0 bridgehead atoms. The summed E-state index contributed by atoms with van der Waals surface area (Å²) in [6.45, 7) is 3.31. The summed E-state index contributed by atoms with van der Waals surface area (Å²) in [5.41, 5.74) is 6.87. The summed E-state index contributed by atoms with van der Waals surface area (Å²) in [4.78, 5) is 29.3. The number of aliphatic carboxylic acids is 1. The van der Waals surface area contributed by atoms with E-state index in [1.165, 1.54) is 0 Å². The molecule has 37 heavy (non-hydrogen) atoms. The number of likely N-dealkylation sites (tertiary alicyclic amines) is 1. The minimum atomic E-state index is -3.47. The monoisotopic (exact) mass is 542 g/mol. The van der Waals surface area contributed by atoms with E-state index in [-0.39, 0.29) is 45.4 Å². The molecule has 3 rings (SSSR count). The Morgan fingerprint density at radius 3 is 2.65 bits per heavy atom. The van der Waals surface area contributed by atoms with E-state index in [1.54, 1.807) is 17.0 Å². The number of rotatable bonds is 14. The number of hydrogen-bond acceptors (Lipinski definition) is 9. The molecule has 1 aromatic rings. The van der Waals surface area contributed by atoms with Crippen LogP contribution in [0.15, 0.2) is 12.1 Å². The number of aliphatic hydroxyl groups is 1. The van der Waals surface area contributed by atoms with Gasteiger partial charge in [-0.15, -0.1) is 0 Å². The minimum Gasteiger partial charge on any atom is -0.481 e. The summed E-state index contributed by atoms with van der Waals surface area (Å²) < 4.78 is 36.7. The number of carbonyl (C=O) groups is 2. The molecule has 2 aliphatic rings. The van der Waals surface area contributed by atoms with Crippen LogP contribution in [-0.2, 0) is 26.2 Å². The third kappa shape index (κ3) is 7.32. The zero-order chi connectivity index (χ0) is 27.2. The molecule has 1 saturated heterocycles. The normalized spacial score (nSPS) is 21.4. The van der Waals surface area contributed by atoms with Crippen LogP contribution in [0.3, 0.4) is 0 Å². The SMILES string of the molecule is CCCCN(CCN)C(=O)CN1C[C@H](c2cc(CO)c3c(c2)OCO3)[C@@H](C(=O)O)[C@@H]1CCNS(C)(=O)=O. The maximum atomic E-state index is 13.2. The smallest absolute Gasteiger partial charge is 0.308 e. The zero-order valence-corrected chi connectivity index (χ0v) is 22.2. The van der Waals surface area contributed by atoms with Crippen LogP contribution in [0.2, 0.25) is 0 Å². The standard InChI is InChI=1S/C24H38N4O8S/c1-3-4-8-27(9-6-25)21(30)13-28-12-18(16-10-17(14-29)23-20(11-16)35-15-36-23)22(24(31)32)19(28)5-7-26-37(2,33)34/h10-11,18-19,22,26,29H,3-9,12-15,25H2,1-2H3,(H,31,32)/t18-,19+,22-/m1/s1. The van der Waals surface area contributed by atoms with E-state index in [2.05, 4.69) is 4.72 Å². The highest BCUT2D eigenvalue weighted by Gasteiger charge is 2.47. The molecule has 2 aliphatic heterocycles. The highest BCUT2D eigenvalue weighted by atomic mass is 32.2. The molecule has 0 aliphatic carbocycles. The Kier molecular flexibility index (Phi) is 10.1. The number of carbonyl (C=O) groups excluding carboxylic acids is 1. The van der Waals surface area contributed by atoms with Gasteiger partial charge in [-0.1, -0.05) is 13.3 Å². The quantitative estimate of drug-likeness (QED) is 0.249. The van der Waals surface area contributed by atoms with E-state index in [4.69, 9.17) is 15.2 Å². The van der Waals surface area contributed by atoms with Crippen LogP contribution >= 0.6 is 0 Å². The van der Waals surface area contributed by atoms with Crippen molar-refractivity contribution < 1.29 is 37.7 Å². The van der Waals surface area contributed by atoms with Gasteiger partial charge in [0.2, 0.25) is 22.7 Å². The van der Waals surface area contributed by atoms with Gasteiger partial charge in [0.25, 0.3) is 0 Å². The fourth-order valence-electron chi connectivity index (χ4n) is 5.16. The summed E-state index contributed by atoms with van der Waals surface area (Å²) in [6.07, 6.45) is 2.99. The molecule has 208 valence electrons. The maximum Gasteiger partial charge on any atom is 0.308 e. The van der Waals surface area contributed by atoms with Crippen LogP contribution in [0.1, 0.15) is 43.2 Å². The number of aliphatic hydroxyl groups excluding tert-OH is 1. The van der Waals surface area contributed by atoms with Crippen LogP contribution in [0.4, 0.5) is 0 Å². The van der Waals surface area contributed by atoms with Crippen molar-refractivity contribution in [3.8, 4) is 11.5 Å². The molecule has 0 unspecified atom stereocenters. The molecular weight excluding hydrogens is 504 g/mol. The molecule has 0 spiro atoms. The molecule has 2 heterocycles. The highest BCUT2D eigenvalue weighted by Crippen LogP contribution is 2.44. The van der Waals surface area contributed by atoms with Gasteiger partial charge < -0.3 is 30.3 Å². The van der Waals surface area contributed by atoms with Crippen LogP contribution in [0.5, 0.6) is 11.5 Å². The predicted octanol–water partition coefficient (Wildman–Crippen LogP) is -0.0971. The number of fused-ring (bicyclic) bond motifs is 1. The van der Waals surface area contributed by atoms with Crippen molar-refractivity contribution in [2.45, 2.75) is 44.8 Å². The number of hydrogen-bond donors (Lipinski definition) is 4. The Morgan fingerprint density at radius 2 is 2.03 bits per heavy atom. The second-order valence-electron chi connectivity index (χ2n) is 9.52. The number of unbranched alkanes of at least 4 members (excludes halogenated alkanes) is 1. The lowest BCUT2D eigenvalue weighted by molar-refractivity contribution is -0.143. The van der Waals surface area contributed by atoms with Gasteiger partial charge in [-0.05, 0) is 30.5 Å². The number of nitrogens with two attached hydrogens (primary N) is 1. The second-order valence-corrected chi connectivity index (χ2v) is 11.4. The van der Waals surface area contributed by atoms with Gasteiger partial charge in [0, 0.05) is 50.2 Å². The van der Waals surface area contributed by atoms with Crippen molar-refractivity contribution in [3.63, 3.8) is 0 Å². The Balaban J connectivity index is 1.92. The summed E-state index contributed by atoms with van der Waals surface area (Å²) in [6, 6.07) is 2.84. The van der Waals surface area contributed by atoms with Gasteiger partial charge in [0.1, 0.15) is 0 Å². The van der Waals surface area contributed by atoms with Crippen molar-refractivity contribution in [2.75, 3.05) is 52.3 Å². The second kappa shape index (κ2) is 12.9. The number of nitrogens with one attached hydrogen (secondary N) is 1. The van der Waals surface area contributed by atoms with Crippen LogP contribution < -0.4 is 19.9 Å². The molecule has 0 aromatic heterocycles. The maximum absolute atomic E-state index is 13.2. The Labute approximate surface area is 217 Å². The van der Waals surface area contributed by atoms with Crippen LogP contribution in [0.25, 0.3) is 0 Å². The van der Waals surface area contributed by atoms with E-state index >= 15 is 0 Å². The topological polar surface area (TPSA) is 172 Å². The molecule has 0 radical (unpaired) electrons. The van der Waals surface area contributed by atoms with Crippen molar-refractivity contribution in [2.24, 2.45) is 11.7 Å². The van der Waals surface area contributed by atoms with E-state index in [0.717, 1.165) is 19.1 Å². The van der Waals surface area contributed by atoms with Crippen molar-refractivity contribution in [1.82, 2.24) is 14.5 Å². The minimum absolute atomic E-state index is 0.00790. The number of nitrogens with zero attached hydrogens (tertiary/aromatic N) is 2. The molecule has 13 heteroatoms.